The van der Waals surface area contributed by atoms with Crippen LogP contribution >= 0.6 is 11.3 Å². The molecule has 1 aromatic rings. The number of thiophene rings is 1. The van der Waals surface area contributed by atoms with Gasteiger partial charge in [-0.05, 0) is 70.3 Å². The number of piperidine rings is 1. The van der Waals surface area contributed by atoms with E-state index < -0.39 is 0 Å². The Bertz CT molecular complexity index is 428. The molecule has 0 N–H and O–H groups in total. The summed E-state index contributed by atoms with van der Waals surface area (Å²) in [4.78, 5) is 17.9. The van der Waals surface area contributed by atoms with E-state index in [0.29, 0.717) is 6.04 Å². The molecule has 1 aliphatic rings. The predicted molar refractivity (Wildman–Crippen MR) is 80.9 cm³/mol. The molecule has 0 bridgehead atoms. The van der Waals surface area contributed by atoms with E-state index >= 15 is 0 Å². The van der Waals surface area contributed by atoms with Crippen LogP contribution in [0.4, 0.5) is 0 Å². The Morgan fingerprint density at radius 2 is 2.26 bits per heavy atom. The van der Waals surface area contributed by atoms with Crippen molar-refractivity contribution in [3.8, 4) is 0 Å². The Balaban J connectivity index is 2.06. The molecular weight excluding hydrogens is 256 g/mol. The van der Waals surface area contributed by atoms with Crippen molar-refractivity contribution in [2.75, 3.05) is 27.2 Å². The van der Waals surface area contributed by atoms with Gasteiger partial charge in [0.25, 0.3) is 5.91 Å². The standard InChI is InChI=1S/C15H24N2OS/c1-12-8-11-19-14(12)15(18)17-9-5-4-6-13(17)7-10-16(2)3/h8,11,13H,4-7,9-10H2,1-3H3. The van der Waals surface area contributed by atoms with Crippen LogP contribution < -0.4 is 0 Å². The smallest absolute Gasteiger partial charge is 0.264 e. The van der Waals surface area contributed by atoms with Crippen molar-refractivity contribution < 1.29 is 4.79 Å². The van der Waals surface area contributed by atoms with Crippen LogP contribution in [0.2, 0.25) is 0 Å². The van der Waals surface area contributed by atoms with Gasteiger partial charge in [-0.25, -0.2) is 0 Å². The van der Waals surface area contributed by atoms with Gasteiger partial charge in [0.05, 0.1) is 4.88 Å². The molecule has 0 aromatic carbocycles. The van der Waals surface area contributed by atoms with E-state index in [1.807, 2.05) is 18.4 Å². The van der Waals surface area contributed by atoms with Gasteiger partial charge in [0, 0.05) is 12.6 Å². The quantitative estimate of drug-likeness (QED) is 0.846. The van der Waals surface area contributed by atoms with Gasteiger partial charge >= 0.3 is 0 Å². The minimum Gasteiger partial charge on any atom is -0.335 e. The highest BCUT2D eigenvalue weighted by molar-refractivity contribution is 7.12. The summed E-state index contributed by atoms with van der Waals surface area (Å²) in [7, 11) is 4.19. The molecule has 0 saturated carbocycles. The maximum Gasteiger partial charge on any atom is 0.264 e. The van der Waals surface area contributed by atoms with E-state index in [2.05, 4.69) is 23.9 Å². The topological polar surface area (TPSA) is 23.6 Å². The van der Waals surface area contributed by atoms with Crippen molar-refractivity contribution in [3.63, 3.8) is 0 Å². The van der Waals surface area contributed by atoms with E-state index in [1.165, 1.54) is 6.42 Å². The van der Waals surface area contributed by atoms with Crippen LogP contribution in [0, 0.1) is 6.92 Å². The Morgan fingerprint density at radius 1 is 1.47 bits per heavy atom. The first-order valence-corrected chi connectivity index (χ1v) is 7.97. The van der Waals surface area contributed by atoms with Crippen molar-refractivity contribution in [1.29, 1.82) is 0 Å². The maximum atomic E-state index is 12.7. The number of nitrogens with zero attached hydrogens (tertiary/aromatic N) is 2. The summed E-state index contributed by atoms with van der Waals surface area (Å²) in [6, 6.07) is 2.46. The molecule has 19 heavy (non-hydrogen) atoms. The molecule has 0 spiro atoms. The first kappa shape index (κ1) is 14.5. The fourth-order valence-corrected chi connectivity index (χ4v) is 3.58. The van der Waals surface area contributed by atoms with Crippen molar-refractivity contribution in [2.45, 2.75) is 38.6 Å². The van der Waals surface area contributed by atoms with Crippen LogP contribution in [0.5, 0.6) is 0 Å². The summed E-state index contributed by atoms with van der Waals surface area (Å²) in [5.74, 6) is 0.246. The zero-order valence-electron chi connectivity index (χ0n) is 12.2. The number of amides is 1. The van der Waals surface area contributed by atoms with E-state index in [-0.39, 0.29) is 5.91 Å². The second-order valence-electron chi connectivity index (χ2n) is 5.67. The number of hydrogen-bond acceptors (Lipinski definition) is 3. The minimum atomic E-state index is 0.246. The highest BCUT2D eigenvalue weighted by atomic mass is 32.1. The van der Waals surface area contributed by atoms with E-state index in [4.69, 9.17) is 0 Å². The molecule has 106 valence electrons. The minimum absolute atomic E-state index is 0.246. The normalized spacial score (nSPS) is 20.0. The van der Waals surface area contributed by atoms with Crippen LogP contribution in [0.3, 0.4) is 0 Å². The summed E-state index contributed by atoms with van der Waals surface area (Å²) in [5, 5.41) is 2.02. The Morgan fingerprint density at radius 3 is 2.89 bits per heavy atom. The molecule has 2 rings (SSSR count). The van der Waals surface area contributed by atoms with Gasteiger partial charge in [-0.3, -0.25) is 4.79 Å². The van der Waals surface area contributed by atoms with Crippen LogP contribution in [-0.4, -0.2) is 48.9 Å². The first-order chi connectivity index (χ1) is 9.09. The number of carbonyl (C=O) groups is 1. The van der Waals surface area contributed by atoms with E-state index in [0.717, 1.165) is 42.8 Å². The van der Waals surface area contributed by atoms with Gasteiger partial charge in [-0.1, -0.05) is 0 Å². The lowest BCUT2D eigenvalue weighted by molar-refractivity contribution is 0.0596. The third-order valence-electron chi connectivity index (χ3n) is 3.85. The average molecular weight is 280 g/mol. The van der Waals surface area contributed by atoms with Crippen LogP contribution in [0.25, 0.3) is 0 Å². The zero-order chi connectivity index (χ0) is 13.8. The molecule has 1 amide bonds. The molecule has 2 heterocycles. The molecule has 0 aliphatic carbocycles. The molecule has 1 saturated heterocycles. The zero-order valence-corrected chi connectivity index (χ0v) is 13.0. The molecule has 1 atom stereocenters. The largest absolute Gasteiger partial charge is 0.335 e. The number of hydrogen-bond donors (Lipinski definition) is 0. The Kier molecular flexibility index (Phi) is 4.99. The maximum absolute atomic E-state index is 12.7. The third-order valence-corrected chi connectivity index (χ3v) is 4.86. The lowest BCUT2D eigenvalue weighted by Crippen LogP contribution is -2.44. The molecule has 4 heteroatoms. The highest BCUT2D eigenvalue weighted by Gasteiger charge is 2.28. The van der Waals surface area contributed by atoms with Crippen LogP contribution in [0.15, 0.2) is 11.4 Å². The fraction of sp³-hybridized carbons (Fsp3) is 0.667. The summed E-state index contributed by atoms with van der Waals surface area (Å²) < 4.78 is 0. The van der Waals surface area contributed by atoms with Crippen LogP contribution in [0.1, 0.15) is 40.9 Å². The Labute approximate surface area is 120 Å². The lowest BCUT2D eigenvalue weighted by atomic mass is 9.98. The second kappa shape index (κ2) is 6.53. The monoisotopic (exact) mass is 280 g/mol. The van der Waals surface area contributed by atoms with Crippen molar-refractivity contribution in [2.24, 2.45) is 0 Å². The van der Waals surface area contributed by atoms with Gasteiger partial charge in [-0.2, -0.15) is 0 Å². The average Bonchev–Trinajstić information content (AvgIpc) is 2.82. The predicted octanol–water partition coefficient (Wildman–Crippen LogP) is 3.00. The number of aryl methyl sites for hydroxylation is 1. The van der Waals surface area contributed by atoms with Crippen LogP contribution in [-0.2, 0) is 0 Å². The molecule has 1 aliphatic heterocycles. The number of likely N-dealkylation sites (tertiary alicyclic amines) is 1. The molecular formula is C15H24N2OS. The fourth-order valence-electron chi connectivity index (χ4n) is 2.70. The van der Waals surface area contributed by atoms with Gasteiger partial charge in [0.1, 0.15) is 0 Å². The number of carbonyl (C=O) groups excluding carboxylic acids is 1. The van der Waals surface area contributed by atoms with Gasteiger partial charge in [0.2, 0.25) is 0 Å². The number of rotatable bonds is 4. The van der Waals surface area contributed by atoms with Crippen molar-refractivity contribution in [1.82, 2.24) is 9.80 Å². The Hall–Kier alpha value is -0.870. The lowest BCUT2D eigenvalue weighted by Gasteiger charge is -2.36. The van der Waals surface area contributed by atoms with Gasteiger partial charge in [-0.15, -0.1) is 11.3 Å². The highest BCUT2D eigenvalue weighted by Crippen LogP contribution is 2.25. The summed E-state index contributed by atoms with van der Waals surface area (Å²) in [6.07, 6.45) is 4.65. The summed E-state index contributed by atoms with van der Waals surface area (Å²) in [6.45, 7) is 4.01. The molecule has 1 unspecified atom stereocenters. The molecule has 1 aromatic heterocycles. The van der Waals surface area contributed by atoms with Crippen molar-refractivity contribution >= 4 is 17.2 Å². The van der Waals surface area contributed by atoms with Gasteiger partial charge in [0.15, 0.2) is 0 Å². The SMILES string of the molecule is Cc1ccsc1C(=O)N1CCCCC1CCN(C)C. The molecule has 3 nitrogen and oxygen atoms in total. The first-order valence-electron chi connectivity index (χ1n) is 7.09. The van der Waals surface area contributed by atoms with Gasteiger partial charge < -0.3 is 9.80 Å². The molecule has 1 fully saturated rings. The summed E-state index contributed by atoms with van der Waals surface area (Å²) >= 11 is 1.58. The van der Waals surface area contributed by atoms with E-state index in [9.17, 15) is 4.79 Å². The second-order valence-corrected chi connectivity index (χ2v) is 6.59. The van der Waals surface area contributed by atoms with Crippen molar-refractivity contribution in [3.05, 3.63) is 21.9 Å². The van der Waals surface area contributed by atoms with E-state index in [1.54, 1.807) is 11.3 Å². The summed E-state index contributed by atoms with van der Waals surface area (Å²) in [5.41, 5.74) is 1.12. The third kappa shape index (κ3) is 3.57. The molecule has 0 radical (unpaired) electrons.